The van der Waals surface area contributed by atoms with E-state index in [1.165, 1.54) is 5.92 Å². The number of hydrogen-bond donors (Lipinski definition) is 0. The van der Waals surface area contributed by atoms with Crippen LogP contribution >= 0.6 is 0 Å². The Bertz CT molecular complexity index is 368. The number of hydrogen-bond acceptors (Lipinski definition) is 2. The Labute approximate surface area is 104 Å². The molecule has 0 rings (SSSR count). The standard InChI is InChI=1S/C8H4F10O2/c1-2-3-19-5(10,11)4(9)20-8(17,18)6(12,13)7(14,15)16/h1,4H,3H2. The summed E-state index contributed by atoms with van der Waals surface area (Å²) in [6.45, 7) is -1.34. The fraction of sp³-hybridized carbons (Fsp3) is 0.750. The molecule has 1 atom stereocenters. The fourth-order valence-electron chi connectivity index (χ4n) is 0.641. The van der Waals surface area contributed by atoms with Crippen molar-refractivity contribution in [2.24, 2.45) is 0 Å². The largest absolute Gasteiger partial charge is 0.462 e. The lowest BCUT2D eigenvalue weighted by molar-refractivity contribution is -0.464. The molecule has 20 heavy (non-hydrogen) atoms. The number of alkyl halides is 10. The maximum Gasteiger partial charge on any atom is 0.462 e. The van der Waals surface area contributed by atoms with E-state index in [1.807, 2.05) is 0 Å². The maximum atomic E-state index is 12.6. The van der Waals surface area contributed by atoms with Crippen LogP contribution in [0.25, 0.3) is 0 Å². The molecule has 0 saturated heterocycles. The smallest absolute Gasteiger partial charge is 0.303 e. The monoisotopic (exact) mass is 322 g/mol. The average molecular weight is 322 g/mol. The Kier molecular flexibility index (Phi) is 5.30. The zero-order chi connectivity index (χ0) is 16.4. The molecule has 0 heterocycles. The zero-order valence-corrected chi connectivity index (χ0v) is 8.96. The summed E-state index contributed by atoms with van der Waals surface area (Å²) in [4.78, 5) is 0. The lowest BCUT2D eigenvalue weighted by Gasteiger charge is -2.30. The van der Waals surface area contributed by atoms with Crippen LogP contribution in [0.3, 0.4) is 0 Å². The van der Waals surface area contributed by atoms with Crippen molar-refractivity contribution in [1.29, 1.82) is 0 Å². The quantitative estimate of drug-likeness (QED) is 0.552. The number of halogens is 10. The second-order valence-corrected chi connectivity index (χ2v) is 3.08. The number of ether oxygens (including phenoxy) is 2. The normalized spacial score (nSPS) is 15.8. The van der Waals surface area contributed by atoms with Gasteiger partial charge in [-0.15, -0.1) is 6.42 Å². The highest BCUT2D eigenvalue weighted by Gasteiger charge is 2.76. The summed E-state index contributed by atoms with van der Waals surface area (Å²) < 4.78 is 127. The maximum absolute atomic E-state index is 12.6. The van der Waals surface area contributed by atoms with E-state index >= 15 is 0 Å². The summed E-state index contributed by atoms with van der Waals surface area (Å²) in [5.74, 6) is -5.54. The van der Waals surface area contributed by atoms with E-state index in [0.717, 1.165) is 0 Å². The number of terminal acetylenes is 1. The molecular weight excluding hydrogens is 318 g/mol. The topological polar surface area (TPSA) is 18.5 Å². The molecule has 0 bridgehead atoms. The lowest BCUT2D eigenvalue weighted by atomic mass is 10.3. The first-order valence-corrected chi connectivity index (χ1v) is 4.28. The van der Waals surface area contributed by atoms with Gasteiger partial charge in [-0.3, -0.25) is 4.74 Å². The van der Waals surface area contributed by atoms with Crippen LogP contribution in [-0.2, 0) is 9.47 Å². The first kappa shape index (κ1) is 18.8. The summed E-state index contributed by atoms with van der Waals surface area (Å²) in [5.41, 5.74) is 0. The van der Waals surface area contributed by atoms with Crippen molar-refractivity contribution in [1.82, 2.24) is 0 Å². The van der Waals surface area contributed by atoms with Crippen molar-refractivity contribution < 1.29 is 53.4 Å². The Morgan fingerprint density at radius 3 is 1.75 bits per heavy atom. The van der Waals surface area contributed by atoms with Crippen LogP contribution in [0.4, 0.5) is 43.9 Å². The molecule has 0 spiro atoms. The summed E-state index contributed by atoms with van der Waals surface area (Å²) in [6.07, 6.45) is -18.9. The van der Waals surface area contributed by atoms with Gasteiger partial charge in [-0.05, 0) is 0 Å². The van der Waals surface area contributed by atoms with Gasteiger partial charge in [-0.2, -0.15) is 39.5 Å². The van der Waals surface area contributed by atoms with E-state index in [1.54, 1.807) is 0 Å². The SMILES string of the molecule is C#CCOC(F)(F)C(F)OC(F)(F)C(F)(F)C(F)(F)F. The Hall–Kier alpha value is -1.22. The molecule has 0 aliphatic heterocycles. The molecule has 0 aromatic rings. The molecule has 1 unspecified atom stereocenters. The average Bonchev–Trinajstić information content (AvgIpc) is 2.23. The highest BCUT2D eigenvalue weighted by Crippen LogP contribution is 2.48. The molecule has 0 amide bonds. The molecule has 2 nitrogen and oxygen atoms in total. The first-order valence-electron chi connectivity index (χ1n) is 4.28. The van der Waals surface area contributed by atoms with Crippen molar-refractivity contribution in [3.8, 4) is 12.3 Å². The summed E-state index contributed by atoms with van der Waals surface area (Å²) >= 11 is 0. The molecule has 0 N–H and O–H groups in total. The van der Waals surface area contributed by atoms with E-state index in [4.69, 9.17) is 0 Å². The minimum atomic E-state index is -6.90. The molecule has 0 radical (unpaired) electrons. The van der Waals surface area contributed by atoms with Crippen LogP contribution < -0.4 is 0 Å². The highest BCUT2D eigenvalue weighted by molar-refractivity contribution is 4.86. The van der Waals surface area contributed by atoms with Crippen molar-refractivity contribution in [2.45, 2.75) is 30.7 Å². The van der Waals surface area contributed by atoms with E-state index < -0.39 is 37.3 Å². The third-order valence-corrected chi connectivity index (χ3v) is 1.59. The zero-order valence-electron chi connectivity index (χ0n) is 8.96. The predicted octanol–water partition coefficient (Wildman–Crippen LogP) is 3.33. The lowest BCUT2D eigenvalue weighted by Crippen LogP contribution is -2.56. The molecule has 0 aromatic heterocycles. The van der Waals surface area contributed by atoms with Gasteiger partial charge >= 0.3 is 24.3 Å². The van der Waals surface area contributed by atoms with Gasteiger partial charge in [0.2, 0.25) is 0 Å². The Morgan fingerprint density at radius 1 is 0.950 bits per heavy atom. The van der Waals surface area contributed by atoms with Crippen molar-refractivity contribution in [3.63, 3.8) is 0 Å². The van der Waals surface area contributed by atoms with Gasteiger partial charge in [0.25, 0.3) is 6.36 Å². The second-order valence-electron chi connectivity index (χ2n) is 3.08. The molecule has 118 valence electrons. The molecule has 0 aliphatic rings. The van der Waals surface area contributed by atoms with E-state index in [-0.39, 0.29) is 0 Å². The third-order valence-electron chi connectivity index (χ3n) is 1.59. The first-order chi connectivity index (χ1) is 8.69. The molecule has 0 aromatic carbocycles. The van der Waals surface area contributed by atoms with Gasteiger partial charge in [0.15, 0.2) is 0 Å². The van der Waals surface area contributed by atoms with Gasteiger partial charge in [-0.1, -0.05) is 5.92 Å². The molecule has 0 fully saturated rings. The van der Waals surface area contributed by atoms with Crippen LogP contribution in [0.2, 0.25) is 0 Å². The Balaban J connectivity index is 5.07. The van der Waals surface area contributed by atoms with Crippen LogP contribution in [-0.4, -0.2) is 37.3 Å². The summed E-state index contributed by atoms with van der Waals surface area (Å²) in [7, 11) is 0. The third kappa shape index (κ3) is 3.89. The van der Waals surface area contributed by atoms with E-state index in [0.29, 0.717) is 0 Å². The Morgan fingerprint density at radius 2 is 1.40 bits per heavy atom. The van der Waals surface area contributed by atoms with Crippen LogP contribution in [0, 0.1) is 12.3 Å². The van der Waals surface area contributed by atoms with Gasteiger partial charge in [-0.25, -0.2) is 4.39 Å². The van der Waals surface area contributed by atoms with Crippen LogP contribution in [0.5, 0.6) is 0 Å². The minimum Gasteiger partial charge on any atom is -0.303 e. The summed E-state index contributed by atoms with van der Waals surface area (Å²) in [5, 5.41) is 0. The summed E-state index contributed by atoms with van der Waals surface area (Å²) in [6, 6.07) is 0. The van der Waals surface area contributed by atoms with Crippen LogP contribution in [0.1, 0.15) is 0 Å². The van der Waals surface area contributed by atoms with Crippen molar-refractivity contribution >= 4 is 0 Å². The van der Waals surface area contributed by atoms with Gasteiger partial charge < -0.3 is 4.74 Å². The second kappa shape index (κ2) is 5.65. The molecule has 0 saturated carbocycles. The van der Waals surface area contributed by atoms with Gasteiger partial charge in [0, 0.05) is 0 Å². The van der Waals surface area contributed by atoms with Gasteiger partial charge in [0.1, 0.15) is 6.61 Å². The van der Waals surface area contributed by atoms with Gasteiger partial charge in [0.05, 0.1) is 0 Å². The molecule has 0 aliphatic carbocycles. The highest BCUT2D eigenvalue weighted by atomic mass is 19.4. The fourth-order valence-corrected chi connectivity index (χ4v) is 0.641. The van der Waals surface area contributed by atoms with Crippen LogP contribution in [0.15, 0.2) is 0 Å². The van der Waals surface area contributed by atoms with Crippen molar-refractivity contribution in [2.75, 3.05) is 6.61 Å². The predicted molar refractivity (Wildman–Crippen MR) is 41.7 cm³/mol. The van der Waals surface area contributed by atoms with E-state index in [2.05, 4.69) is 15.9 Å². The minimum absolute atomic E-state index is 1.34. The van der Waals surface area contributed by atoms with Crippen molar-refractivity contribution in [3.05, 3.63) is 0 Å². The molecular formula is C8H4F10O2. The van der Waals surface area contributed by atoms with E-state index in [9.17, 15) is 43.9 Å². The molecule has 12 heteroatoms. The number of rotatable bonds is 6.